The van der Waals surface area contributed by atoms with Gasteiger partial charge in [0.1, 0.15) is 5.75 Å². The standard InChI is InChI=1S/C25H22F3N5O2/c1-15-16(2)32-33(17(15)3)22-11-12-24(31-30-22)35-21-9-7-20(8-10-21)29-23(34)14-18-5-4-6-19(13-18)25(26,27)28/h4-13H,14H2,1-3H3,(H,29,34). The minimum absolute atomic E-state index is 0.182. The zero-order chi connectivity index (χ0) is 25.2. The highest BCUT2D eigenvalue weighted by molar-refractivity contribution is 5.92. The second-order valence-corrected chi connectivity index (χ2v) is 7.99. The number of nitrogens with zero attached hydrogens (tertiary/aromatic N) is 4. The average molecular weight is 481 g/mol. The normalized spacial score (nSPS) is 11.4. The number of benzene rings is 2. The zero-order valence-corrected chi connectivity index (χ0v) is 19.2. The van der Waals surface area contributed by atoms with Gasteiger partial charge in [-0.15, -0.1) is 10.2 Å². The number of rotatable bonds is 6. The first-order valence-electron chi connectivity index (χ1n) is 10.7. The summed E-state index contributed by atoms with van der Waals surface area (Å²) in [6.07, 6.45) is -4.64. The number of aromatic nitrogens is 4. The third kappa shape index (κ3) is 5.65. The van der Waals surface area contributed by atoms with Crippen molar-refractivity contribution in [3.8, 4) is 17.4 Å². The van der Waals surface area contributed by atoms with E-state index in [9.17, 15) is 18.0 Å². The molecule has 0 saturated heterocycles. The molecule has 0 unspecified atom stereocenters. The molecule has 2 heterocycles. The Morgan fingerprint density at radius 1 is 1.00 bits per heavy atom. The maximum Gasteiger partial charge on any atom is 0.416 e. The van der Waals surface area contributed by atoms with Crippen molar-refractivity contribution < 1.29 is 22.7 Å². The summed E-state index contributed by atoms with van der Waals surface area (Å²) in [6, 6.07) is 14.7. The molecule has 7 nitrogen and oxygen atoms in total. The van der Waals surface area contributed by atoms with Crippen molar-refractivity contribution in [2.75, 3.05) is 5.32 Å². The van der Waals surface area contributed by atoms with E-state index in [1.54, 1.807) is 41.1 Å². The van der Waals surface area contributed by atoms with Gasteiger partial charge >= 0.3 is 6.18 Å². The van der Waals surface area contributed by atoms with Crippen molar-refractivity contribution in [1.29, 1.82) is 0 Å². The van der Waals surface area contributed by atoms with E-state index in [0.29, 0.717) is 17.3 Å². The van der Waals surface area contributed by atoms with E-state index >= 15 is 0 Å². The Labute approximate surface area is 199 Å². The van der Waals surface area contributed by atoms with E-state index in [0.717, 1.165) is 29.1 Å². The zero-order valence-electron chi connectivity index (χ0n) is 19.2. The molecule has 180 valence electrons. The molecule has 0 radical (unpaired) electrons. The summed E-state index contributed by atoms with van der Waals surface area (Å²) in [5.41, 5.74) is 2.97. The van der Waals surface area contributed by atoms with Gasteiger partial charge in [0.2, 0.25) is 11.8 Å². The molecule has 0 aliphatic rings. The highest BCUT2D eigenvalue weighted by atomic mass is 19.4. The molecule has 0 bridgehead atoms. The Morgan fingerprint density at radius 3 is 2.34 bits per heavy atom. The van der Waals surface area contributed by atoms with E-state index < -0.39 is 17.6 Å². The molecule has 10 heteroatoms. The summed E-state index contributed by atoms with van der Waals surface area (Å²) in [4.78, 5) is 12.3. The van der Waals surface area contributed by atoms with Gasteiger partial charge in [0.25, 0.3) is 0 Å². The number of carbonyl (C=O) groups is 1. The molecule has 0 aliphatic carbocycles. The van der Waals surface area contributed by atoms with Crippen molar-refractivity contribution in [3.63, 3.8) is 0 Å². The maximum atomic E-state index is 12.9. The summed E-state index contributed by atoms with van der Waals surface area (Å²) >= 11 is 0. The van der Waals surface area contributed by atoms with Gasteiger partial charge in [0.05, 0.1) is 17.7 Å². The molecule has 2 aromatic heterocycles. The van der Waals surface area contributed by atoms with Gasteiger partial charge in [0.15, 0.2) is 5.82 Å². The van der Waals surface area contributed by atoms with Crippen LogP contribution in [0.15, 0.2) is 60.7 Å². The van der Waals surface area contributed by atoms with Crippen LogP contribution in [0.1, 0.15) is 28.1 Å². The third-order valence-electron chi connectivity index (χ3n) is 5.48. The van der Waals surface area contributed by atoms with Crippen LogP contribution in [0, 0.1) is 20.8 Å². The Kier molecular flexibility index (Phi) is 6.54. The Bertz CT molecular complexity index is 1350. The summed E-state index contributed by atoms with van der Waals surface area (Å²) < 4.78 is 46.0. The quantitative estimate of drug-likeness (QED) is 0.389. The van der Waals surface area contributed by atoms with Crippen molar-refractivity contribution in [2.45, 2.75) is 33.4 Å². The van der Waals surface area contributed by atoms with Crippen LogP contribution >= 0.6 is 0 Å². The van der Waals surface area contributed by atoms with Gasteiger partial charge in [-0.2, -0.15) is 18.3 Å². The van der Waals surface area contributed by atoms with Crippen LogP contribution in [-0.2, 0) is 17.4 Å². The lowest BCUT2D eigenvalue weighted by Crippen LogP contribution is -2.15. The Morgan fingerprint density at radius 2 is 1.74 bits per heavy atom. The number of anilines is 1. The van der Waals surface area contributed by atoms with Crippen LogP contribution < -0.4 is 10.1 Å². The van der Waals surface area contributed by atoms with Crippen LogP contribution in [-0.4, -0.2) is 25.9 Å². The fourth-order valence-corrected chi connectivity index (χ4v) is 3.40. The predicted molar refractivity (Wildman–Crippen MR) is 124 cm³/mol. The topological polar surface area (TPSA) is 81.9 Å². The first-order chi connectivity index (χ1) is 16.6. The SMILES string of the molecule is Cc1nn(-c2ccc(Oc3ccc(NC(=O)Cc4cccc(C(F)(F)F)c4)cc3)nn2)c(C)c1C. The average Bonchev–Trinajstić information content (AvgIpc) is 3.08. The molecule has 1 N–H and O–H groups in total. The van der Waals surface area contributed by atoms with E-state index in [1.807, 2.05) is 20.8 Å². The molecule has 0 spiro atoms. The van der Waals surface area contributed by atoms with Crippen LogP contribution in [0.2, 0.25) is 0 Å². The van der Waals surface area contributed by atoms with Crippen LogP contribution in [0.25, 0.3) is 5.82 Å². The fourth-order valence-electron chi connectivity index (χ4n) is 3.40. The van der Waals surface area contributed by atoms with E-state index in [1.165, 1.54) is 12.1 Å². The van der Waals surface area contributed by atoms with Crippen molar-refractivity contribution >= 4 is 11.6 Å². The number of alkyl halides is 3. The second kappa shape index (κ2) is 9.57. The summed E-state index contributed by atoms with van der Waals surface area (Å²) in [7, 11) is 0. The van der Waals surface area contributed by atoms with Crippen molar-refractivity contribution in [2.24, 2.45) is 0 Å². The molecule has 0 aliphatic heterocycles. The highest BCUT2D eigenvalue weighted by Crippen LogP contribution is 2.29. The minimum Gasteiger partial charge on any atom is -0.438 e. The number of halogens is 3. The Balaban J connectivity index is 1.36. The van der Waals surface area contributed by atoms with E-state index in [2.05, 4.69) is 20.6 Å². The van der Waals surface area contributed by atoms with Gasteiger partial charge < -0.3 is 10.1 Å². The largest absolute Gasteiger partial charge is 0.438 e. The molecular weight excluding hydrogens is 459 g/mol. The van der Waals surface area contributed by atoms with Gasteiger partial charge in [-0.1, -0.05) is 18.2 Å². The fraction of sp³-hybridized carbons (Fsp3) is 0.200. The number of aryl methyl sites for hydroxylation is 1. The number of hydrogen-bond acceptors (Lipinski definition) is 5. The molecule has 0 saturated carbocycles. The molecule has 0 atom stereocenters. The molecule has 2 aromatic carbocycles. The number of nitrogens with one attached hydrogen (secondary N) is 1. The molecule has 35 heavy (non-hydrogen) atoms. The maximum absolute atomic E-state index is 12.9. The predicted octanol–water partition coefficient (Wildman–Crippen LogP) is 5.58. The van der Waals surface area contributed by atoms with Gasteiger partial charge in [-0.3, -0.25) is 4.79 Å². The van der Waals surface area contributed by atoms with E-state index in [4.69, 9.17) is 4.74 Å². The first kappa shape index (κ1) is 23.9. The summed E-state index contributed by atoms with van der Waals surface area (Å²) in [6.45, 7) is 5.89. The van der Waals surface area contributed by atoms with Gasteiger partial charge in [-0.05, 0) is 68.3 Å². The molecule has 4 rings (SSSR count). The number of ether oxygens (including phenoxy) is 1. The lowest BCUT2D eigenvalue weighted by atomic mass is 10.1. The van der Waals surface area contributed by atoms with Crippen LogP contribution in [0.4, 0.5) is 18.9 Å². The van der Waals surface area contributed by atoms with Crippen molar-refractivity contribution in [1.82, 2.24) is 20.0 Å². The van der Waals surface area contributed by atoms with E-state index in [-0.39, 0.29) is 17.9 Å². The van der Waals surface area contributed by atoms with Crippen molar-refractivity contribution in [3.05, 3.63) is 88.7 Å². The van der Waals surface area contributed by atoms with Gasteiger partial charge in [0, 0.05) is 17.4 Å². The molecule has 1 amide bonds. The number of carbonyl (C=O) groups excluding carboxylic acids is 1. The molecule has 0 fully saturated rings. The monoisotopic (exact) mass is 481 g/mol. The number of amides is 1. The Hall–Kier alpha value is -4.21. The highest BCUT2D eigenvalue weighted by Gasteiger charge is 2.30. The molecule has 4 aromatic rings. The van der Waals surface area contributed by atoms with Crippen LogP contribution in [0.5, 0.6) is 11.6 Å². The van der Waals surface area contributed by atoms with Crippen LogP contribution in [0.3, 0.4) is 0 Å². The summed E-state index contributed by atoms with van der Waals surface area (Å²) in [5.74, 6) is 0.905. The second-order valence-electron chi connectivity index (χ2n) is 7.99. The summed E-state index contributed by atoms with van der Waals surface area (Å²) in [5, 5.41) is 15.4. The van der Waals surface area contributed by atoms with Gasteiger partial charge in [-0.25, -0.2) is 4.68 Å². The smallest absolute Gasteiger partial charge is 0.416 e. The molecular formula is C25H22F3N5O2. The third-order valence-corrected chi connectivity index (χ3v) is 5.48. The lowest BCUT2D eigenvalue weighted by molar-refractivity contribution is -0.137. The first-order valence-corrected chi connectivity index (χ1v) is 10.7. The lowest BCUT2D eigenvalue weighted by Gasteiger charge is -2.10. The minimum atomic E-state index is -4.46. The number of hydrogen-bond donors (Lipinski definition) is 1.